The molecule has 0 aromatic carbocycles. The molecule has 1 nitrogen and oxygen atoms in total. The van der Waals surface area contributed by atoms with E-state index in [9.17, 15) is 4.39 Å². The van der Waals surface area contributed by atoms with Crippen LogP contribution in [0.25, 0.3) is 0 Å². The molecule has 0 saturated carbocycles. The van der Waals surface area contributed by atoms with Crippen LogP contribution < -0.4 is 5.32 Å². The lowest BCUT2D eigenvalue weighted by Gasteiger charge is -2.33. The standard InChI is InChI=1S/C13H20FNS/c1-13(14,12-3-2-7-15-9-12)6-4-11-5-8-16-10-11/h5,8,10,12,15H,2-4,6-7,9H2,1H3. The Morgan fingerprint density at radius 1 is 1.62 bits per heavy atom. The highest BCUT2D eigenvalue weighted by Crippen LogP contribution is 2.32. The highest BCUT2D eigenvalue weighted by atomic mass is 32.1. The molecule has 1 aromatic heterocycles. The van der Waals surface area contributed by atoms with Gasteiger partial charge in [0, 0.05) is 12.5 Å². The van der Waals surface area contributed by atoms with Gasteiger partial charge in [0.15, 0.2) is 0 Å². The maximum Gasteiger partial charge on any atom is 0.112 e. The molecule has 1 aliphatic heterocycles. The van der Waals surface area contributed by atoms with Crippen molar-refractivity contribution in [2.75, 3.05) is 13.1 Å². The van der Waals surface area contributed by atoms with E-state index < -0.39 is 5.67 Å². The summed E-state index contributed by atoms with van der Waals surface area (Å²) in [7, 11) is 0. The third-order valence-corrected chi connectivity index (χ3v) is 4.36. The molecular formula is C13H20FNS. The van der Waals surface area contributed by atoms with E-state index in [2.05, 4.69) is 22.1 Å². The van der Waals surface area contributed by atoms with Gasteiger partial charge in [-0.15, -0.1) is 0 Å². The monoisotopic (exact) mass is 241 g/mol. The van der Waals surface area contributed by atoms with Gasteiger partial charge in [0.1, 0.15) is 5.67 Å². The number of piperidine rings is 1. The number of hydrogen-bond acceptors (Lipinski definition) is 2. The fourth-order valence-electron chi connectivity index (χ4n) is 2.39. The second-order valence-corrected chi connectivity index (χ2v) is 5.73. The quantitative estimate of drug-likeness (QED) is 0.852. The number of rotatable bonds is 4. The molecule has 0 radical (unpaired) electrons. The Labute approximate surface area is 101 Å². The summed E-state index contributed by atoms with van der Waals surface area (Å²) in [6.45, 7) is 3.67. The summed E-state index contributed by atoms with van der Waals surface area (Å²) in [4.78, 5) is 0. The van der Waals surface area contributed by atoms with Crippen molar-refractivity contribution < 1.29 is 4.39 Å². The minimum atomic E-state index is -1.02. The van der Waals surface area contributed by atoms with Crippen LogP contribution in [0, 0.1) is 5.92 Å². The van der Waals surface area contributed by atoms with Gasteiger partial charge in [0.2, 0.25) is 0 Å². The number of thiophene rings is 1. The zero-order valence-electron chi connectivity index (χ0n) is 9.84. The second-order valence-electron chi connectivity index (χ2n) is 4.95. The largest absolute Gasteiger partial charge is 0.316 e. The number of aryl methyl sites for hydroxylation is 1. The third-order valence-electron chi connectivity index (χ3n) is 3.63. The van der Waals surface area contributed by atoms with Crippen molar-refractivity contribution in [2.24, 2.45) is 5.92 Å². The Morgan fingerprint density at radius 3 is 3.12 bits per heavy atom. The molecule has 2 unspecified atom stereocenters. The normalized spacial score (nSPS) is 25.2. The summed E-state index contributed by atoms with van der Waals surface area (Å²) in [6.07, 6.45) is 3.66. The fourth-order valence-corrected chi connectivity index (χ4v) is 3.10. The van der Waals surface area contributed by atoms with Crippen molar-refractivity contribution in [3.8, 4) is 0 Å². The van der Waals surface area contributed by atoms with Crippen LogP contribution in [0.2, 0.25) is 0 Å². The molecule has 3 heteroatoms. The van der Waals surface area contributed by atoms with Gasteiger partial charge in [-0.1, -0.05) is 0 Å². The topological polar surface area (TPSA) is 12.0 Å². The van der Waals surface area contributed by atoms with Gasteiger partial charge < -0.3 is 5.32 Å². The van der Waals surface area contributed by atoms with E-state index in [0.29, 0.717) is 6.42 Å². The predicted molar refractivity (Wildman–Crippen MR) is 67.7 cm³/mol. The molecule has 2 heterocycles. The van der Waals surface area contributed by atoms with Crippen LogP contribution in [0.15, 0.2) is 16.8 Å². The average Bonchev–Trinajstić information content (AvgIpc) is 2.81. The molecule has 0 amide bonds. The lowest BCUT2D eigenvalue weighted by molar-refractivity contribution is 0.0741. The first-order valence-corrected chi connectivity index (χ1v) is 7.03. The van der Waals surface area contributed by atoms with Crippen LogP contribution in [0.1, 0.15) is 31.7 Å². The van der Waals surface area contributed by atoms with E-state index in [0.717, 1.165) is 32.4 Å². The summed E-state index contributed by atoms with van der Waals surface area (Å²) in [5, 5.41) is 7.48. The van der Waals surface area contributed by atoms with E-state index in [1.807, 2.05) is 0 Å². The molecule has 1 saturated heterocycles. The fraction of sp³-hybridized carbons (Fsp3) is 0.692. The first-order chi connectivity index (χ1) is 7.68. The molecule has 90 valence electrons. The minimum absolute atomic E-state index is 0.194. The smallest absolute Gasteiger partial charge is 0.112 e. The van der Waals surface area contributed by atoms with Crippen LogP contribution in [-0.4, -0.2) is 18.8 Å². The summed E-state index contributed by atoms with van der Waals surface area (Å²) in [6, 6.07) is 2.10. The van der Waals surface area contributed by atoms with Crippen molar-refractivity contribution in [3.05, 3.63) is 22.4 Å². The van der Waals surface area contributed by atoms with E-state index >= 15 is 0 Å². The highest BCUT2D eigenvalue weighted by molar-refractivity contribution is 7.07. The SMILES string of the molecule is CC(F)(CCc1ccsc1)C1CCCNC1. The van der Waals surface area contributed by atoms with Gasteiger partial charge in [0.05, 0.1) is 0 Å². The number of halogens is 1. The van der Waals surface area contributed by atoms with Gasteiger partial charge in [-0.05, 0) is 61.5 Å². The molecule has 2 atom stereocenters. The van der Waals surface area contributed by atoms with Crippen LogP contribution >= 0.6 is 11.3 Å². The molecule has 1 aliphatic rings. The van der Waals surface area contributed by atoms with Crippen LogP contribution in [0.5, 0.6) is 0 Å². The number of alkyl halides is 1. The van der Waals surface area contributed by atoms with E-state index in [-0.39, 0.29) is 5.92 Å². The van der Waals surface area contributed by atoms with Crippen molar-refractivity contribution in [2.45, 2.75) is 38.3 Å². The van der Waals surface area contributed by atoms with E-state index in [1.54, 1.807) is 18.3 Å². The van der Waals surface area contributed by atoms with Crippen LogP contribution in [-0.2, 0) is 6.42 Å². The average molecular weight is 241 g/mol. The zero-order chi connectivity index (χ0) is 11.4. The summed E-state index contributed by atoms with van der Waals surface area (Å²) in [5.41, 5.74) is 0.257. The number of nitrogens with one attached hydrogen (secondary N) is 1. The molecule has 0 spiro atoms. The van der Waals surface area contributed by atoms with Gasteiger partial charge in [-0.2, -0.15) is 11.3 Å². The van der Waals surface area contributed by atoms with E-state index in [4.69, 9.17) is 0 Å². The number of hydrogen-bond donors (Lipinski definition) is 1. The minimum Gasteiger partial charge on any atom is -0.316 e. The predicted octanol–water partition coefficient (Wildman–Crippen LogP) is 3.41. The van der Waals surface area contributed by atoms with Crippen molar-refractivity contribution in [1.82, 2.24) is 5.32 Å². The molecule has 0 bridgehead atoms. The van der Waals surface area contributed by atoms with Crippen molar-refractivity contribution in [1.29, 1.82) is 0 Å². The summed E-state index contributed by atoms with van der Waals surface area (Å²) in [5.74, 6) is 0.194. The lowest BCUT2D eigenvalue weighted by Crippen LogP contribution is -2.41. The molecule has 0 aliphatic carbocycles. The first kappa shape index (κ1) is 12.1. The van der Waals surface area contributed by atoms with Crippen LogP contribution in [0.4, 0.5) is 4.39 Å². The third kappa shape index (κ3) is 3.05. The van der Waals surface area contributed by atoms with Gasteiger partial charge in [-0.25, -0.2) is 4.39 Å². The van der Waals surface area contributed by atoms with Crippen LogP contribution in [0.3, 0.4) is 0 Å². The Hall–Kier alpha value is -0.410. The summed E-state index contributed by atoms with van der Waals surface area (Å²) >= 11 is 1.69. The maximum absolute atomic E-state index is 14.5. The molecule has 2 rings (SSSR count). The Balaban J connectivity index is 1.86. The van der Waals surface area contributed by atoms with Gasteiger partial charge in [0.25, 0.3) is 0 Å². The Bertz CT molecular complexity index is 302. The second kappa shape index (κ2) is 5.28. The first-order valence-electron chi connectivity index (χ1n) is 6.09. The Kier molecular flexibility index (Phi) is 3.98. The lowest BCUT2D eigenvalue weighted by atomic mass is 9.81. The molecule has 1 N–H and O–H groups in total. The Morgan fingerprint density at radius 2 is 2.50 bits per heavy atom. The highest BCUT2D eigenvalue weighted by Gasteiger charge is 2.34. The summed E-state index contributed by atoms with van der Waals surface area (Å²) < 4.78 is 14.5. The molecular weight excluding hydrogens is 221 g/mol. The van der Waals surface area contributed by atoms with Gasteiger partial charge in [-0.3, -0.25) is 0 Å². The maximum atomic E-state index is 14.5. The molecule has 1 fully saturated rings. The van der Waals surface area contributed by atoms with E-state index in [1.165, 1.54) is 5.56 Å². The molecule has 1 aromatic rings. The van der Waals surface area contributed by atoms with Crippen molar-refractivity contribution >= 4 is 11.3 Å². The van der Waals surface area contributed by atoms with Crippen molar-refractivity contribution in [3.63, 3.8) is 0 Å². The molecule has 16 heavy (non-hydrogen) atoms. The zero-order valence-corrected chi connectivity index (χ0v) is 10.7. The van der Waals surface area contributed by atoms with Gasteiger partial charge >= 0.3 is 0 Å².